The molecular formula is C13H19N3O4. The van der Waals surface area contributed by atoms with Gasteiger partial charge in [0.25, 0.3) is 5.91 Å². The summed E-state index contributed by atoms with van der Waals surface area (Å²) in [4.78, 5) is 25.2. The van der Waals surface area contributed by atoms with Gasteiger partial charge in [0.1, 0.15) is 0 Å². The molecule has 0 aliphatic carbocycles. The Labute approximate surface area is 117 Å². The quantitative estimate of drug-likeness (QED) is 0.864. The summed E-state index contributed by atoms with van der Waals surface area (Å²) < 4.78 is 6.95. The van der Waals surface area contributed by atoms with Crippen LogP contribution in [0.5, 0.6) is 0 Å². The summed E-state index contributed by atoms with van der Waals surface area (Å²) in [6.07, 6.45) is -0.107. The molecule has 1 saturated heterocycles. The molecule has 0 unspecified atom stereocenters. The second-order valence-electron chi connectivity index (χ2n) is 4.99. The van der Waals surface area contributed by atoms with Gasteiger partial charge in [-0.05, 0) is 13.8 Å². The lowest BCUT2D eigenvalue weighted by Gasteiger charge is -2.34. The molecule has 20 heavy (non-hydrogen) atoms. The first kappa shape index (κ1) is 14.5. The number of carbonyl (C=O) groups is 2. The van der Waals surface area contributed by atoms with Crippen molar-refractivity contribution in [2.45, 2.75) is 26.3 Å². The van der Waals surface area contributed by atoms with Crippen LogP contribution in [0.1, 0.15) is 28.2 Å². The Bertz CT molecular complexity index is 538. The number of aliphatic carboxylic acids is 1. The predicted molar refractivity (Wildman–Crippen MR) is 70.6 cm³/mol. The number of morpholine rings is 1. The van der Waals surface area contributed by atoms with Crippen LogP contribution in [0, 0.1) is 13.8 Å². The van der Waals surface area contributed by atoms with Crippen LogP contribution in [0.2, 0.25) is 0 Å². The number of ether oxygens (including phenoxy) is 1. The lowest BCUT2D eigenvalue weighted by atomic mass is 10.1. The monoisotopic (exact) mass is 281 g/mol. The zero-order valence-electron chi connectivity index (χ0n) is 11.9. The summed E-state index contributed by atoms with van der Waals surface area (Å²) in [6.45, 7) is 4.72. The number of aryl methyl sites for hydroxylation is 2. The molecule has 7 heteroatoms. The lowest BCUT2D eigenvalue weighted by molar-refractivity contribution is -0.139. The normalized spacial score (nSPS) is 19.1. The third-order valence-electron chi connectivity index (χ3n) is 3.62. The predicted octanol–water partition coefficient (Wildman–Crippen LogP) is 0.353. The molecule has 1 amide bonds. The van der Waals surface area contributed by atoms with E-state index in [1.165, 1.54) is 0 Å². The summed E-state index contributed by atoms with van der Waals surface area (Å²) in [5.74, 6) is -1.10. The Kier molecular flexibility index (Phi) is 4.08. The molecule has 7 nitrogen and oxygen atoms in total. The van der Waals surface area contributed by atoms with Crippen molar-refractivity contribution in [3.05, 3.63) is 17.0 Å². The Morgan fingerprint density at radius 2 is 2.15 bits per heavy atom. The standard InChI is InChI=1S/C13H19N3O4/c1-8-12(9(2)15(3)14-8)13(19)16-4-5-20-7-10(16)6-11(17)18/h10H,4-7H2,1-3H3,(H,17,18)/t10-/m0/s1. The first-order valence-corrected chi connectivity index (χ1v) is 6.52. The number of hydrogen-bond donors (Lipinski definition) is 1. The van der Waals surface area contributed by atoms with Gasteiger partial charge in [-0.2, -0.15) is 5.10 Å². The van der Waals surface area contributed by atoms with Gasteiger partial charge in [-0.25, -0.2) is 0 Å². The smallest absolute Gasteiger partial charge is 0.305 e. The molecule has 2 heterocycles. The number of hydrogen-bond acceptors (Lipinski definition) is 4. The van der Waals surface area contributed by atoms with Crippen molar-refractivity contribution in [3.8, 4) is 0 Å². The van der Waals surface area contributed by atoms with Gasteiger partial charge in [0.05, 0.1) is 36.9 Å². The Balaban J connectivity index is 2.27. The van der Waals surface area contributed by atoms with Gasteiger partial charge in [-0.1, -0.05) is 0 Å². The van der Waals surface area contributed by atoms with Crippen LogP contribution in [0.4, 0.5) is 0 Å². The molecule has 1 fully saturated rings. The SMILES string of the molecule is Cc1nn(C)c(C)c1C(=O)N1CCOC[C@@H]1CC(=O)O. The molecule has 110 valence electrons. The summed E-state index contributed by atoms with van der Waals surface area (Å²) in [7, 11) is 1.78. The zero-order valence-corrected chi connectivity index (χ0v) is 11.9. The average Bonchev–Trinajstić information content (AvgIpc) is 2.62. The van der Waals surface area contributed by atoms with E-state index < -0.39 is 12.0 Å². The van der Waals surface area contributed by atoms with Crippen LogP contribution in [-0.4, -0.2) is 57.5 Å². The maximum absolute atomic E-state index is 12.7. The van der Waals surface area contributed by atoms with Crippen LogP contribution < -0.4 is 0 Å². The molecule has 0 saturated carbocycles. The number of amides is 1. The number of aromatic nitrogens is 2. The fraction of sp³-hybridized carbons (Fsp3) is 0.615. The third-order valence-corrected chi connectivity index (χ3v) is 3.62. The van der Waals surface area contributed by atoms with Gasteiger partial charge in [0.15, 0.2) is 0 Å². The van der Waals surface area contributed by atoms with E-state index in [-0.39, 0.29) is 18.9 Å². The van der Waals surface area contributed by atoms with Crippen LogP contribution in [-0.2, 0) is 16.6 Å². The number of nitrogens with zero attached hydrogens (tertiary/aromatic N) is 3. The van der Waals surface area contributed by atoms with Crippen molar-refractivity contribution in [1.82, 2.24) is 14.7 Å². The van der Waals surface area contributed by atoms with E-state index in [9.17, 15) is 9.59 Å². The highest BCUT2D eigenvalue weighted by Crippen LogP contribution is 2.19. The average molecular weight is 281 g/mol. The van der Waals surface area contributed by atoms with E-state index in [4.69, 9.17) is 9.84 Å². The number of carboxylic acid groups (broad SMARTS) is 1. The zero-order chi connectivity index (χ0) is 14.9. The number of rotatable bonds is 3. The molecule has 1 aromatic rings. The third kappa shape index (κ3) is 2.67. The van der Waals surface area contributed by atoms with Gasteiger partial charge < -0.3 is 14.7 Å². The molecule has 1 aliphatic heterocycles. The molecule has 0 radical (unpaired) electrons. The van der Waals surface area contributed by atoms with Crippen molar-refractivity contribution in [3.63, 3.8) is 0 Å². The minimum absolute atomic E-state index is 0.107. The highest BCUT2D eigenvalue weighted by atomic mass is 16.5. The minimum Gasteiger partial charge on any atom is -0.481 e. The van der Waals surface area contributed by atoms with Crippen molar-refractivity contribution in [2.75, 3.05) is 19.8 Å². The molecule has 1 aromatic heterocycles. The van der Waals surface area contributed by atoms with Crippen LogP contribution >= 0.6 is 0 Å². The van der Waals surface area contributed by atoms with Crippen molar-refractivity contribution in [1.29, 1.82) is 0 Å². The van der Waals surface area contributed by atoms with Crippen molar-refractivity contribution >= 4 is 11.9 Å². The lowest BCUT2D eigenvalue weighted by Crippen LogP contribution is -2.49. The van der Waals surface area contributed by atoms with Gasteiger partial charge in [0, 0.05) is 19.3 Å². The molecule has 1 atom stereocenters. The molecule has 1 N–H and O–H groups in total. The van der Waals surface area contributed by atoms with Gasteiger partial charge in [-0.15, -0.1) is 0 Å². The minimum atomic E-state index is -0.932. The van der Waals surface area contributed by atoms with E-state index in [1.807, 2.05) is 6.92 Å². The maximum atomic E-state index is 12.7. The largest absolute Gasteiger partial charge is 0.481 e. The summed E-state index contributed by atoms with van der Waals surface area (Å²) >= 11 is 0. The Hall–Kier alpha value is -1.89. The van der Waals surface area contributed by atoms with Gasteiger partial charge >= 0.3 is 5.97 Å². The topological polar surface area (TPSA) is 84.7 Å². The molecule has 0 bridgehead atoms. The first-order chi connectivity index (χ1) is 9.41. The molecule has 1 aliphatic rings. The van der Waals surface area contributed by atoms with Crippen LogP contribution in [0.25, 0.3) is 0 Å². The van der Waals surface area contributed by atoms with E-state index in [0.717, 1.165) is 5.69 Å². The fourth-order valence-electron chi connectivity index (χ4n) is 2.52. The maximum Gasteiger partial charge on any atom is 0.305 e. The van der Waals surface area contributed by atoms with E-state index in [1.54, 1.807) is 23.6 Å². The fourth-order valence-corrected chi connectivity index (χ4v) is 2.52. The summed E-state index contributed by atoms with van der Waals surface area (Å²) in [5, 5.41) is 13.2. The van der Waals surface area contributed by atoms with Crippen molar-refractivity contribution < 1.29 is 19.4 Å². The number of carbonyl (C=O) groups excluding carboxylic acids is 1. The van der Waals surface area contributed by atoms with Crippen LogP contribution in [0.15, 0.2) is 0 Å². The summed E-state index contributed by atoms with van der Waals surface area (Å²) in [6, 6.07) is -0.423. The summed E-state index contributed by atoms with van der Waals surface area (Å²) in [5.41, 5.74) is 2.01. The van der Waals surface area contributed by atoms with Crippen molar-refractivity contribution in [2.24, 2.45) is 7.05 Å². The molecule has 0 aromatic carbocycles. The second-order valence-corrected chi connectivity index (χ2v) is 4.99. The van der Waals surface area contributed by atoms with E-state index >= 15 is 0 Å². The molecule has 0 spiro atoms. The first-order valence-electron chi connectivity index (χ1n) is 6.52. The van der Waals surface area contributed by atoms with Crippen LogP contribution in [0.3, 0.4) is 0 Å². The van der Waals surface area contributed by atoms with Gasteiger partial charge in [0.2, 0.25) is 0 Å². The number of carboxylic acids is 1. The Morgan fingerprint density at radius 1 is 1.45 bits per heavy atom. The molecule has 2 rings (SSSR count). The Morgan fingerprint density at radius 3 is 2.70 bits per heavy atom. The second kappa shape index (κ2) is 5.62. The highest BCUT2D eigenvalue weighted by molar-refractivity contribution is 5.96. The highest BCUT2D eigenvalue weighted by Gasteiger charge is 2.32. The van der Waals surface area contributed by atoms with E-state index in [0.29, 0.717) is 24.4 Å². The van der Waals surface area contributed by atoms with Gasteiger partial charge in [-0.3, -0.25) is 14.3 Å². The van der Waals surface area contributed by atoms with E-state index in [2.05, 4.69) is 5.10 Å². The molecular weight excluding hydrogens is 262 g/mol.